The van der Waals surface area contributed by atoms with Gasteiger partial charge in [-0.3, -0.25) is 9.67 Å². The number of halogens is 2. The van der Waals surface area contributed by atoms with Gasteiger partial charge in [0.15, 0.2) is 0 Å². The Kier molecular flexibility index (Phi) is 4.10. The Morgan fingerprint density at radius 2 is 2.05 bits per heavy atom. The van der Waals surface area contributed by atoms with E-state index in [1.165, 1.54) is 0 Å². The fourth-order valence-corrected chi connectivity index (χ4v) is 3.39. The minimum absolute atomic E-state index is 0.694. The zero-order chi connectivity index (χ0) is 15.0. The van der Waals surface area contributed by atoms with Crippen LogP contribution in [0.1, 0.15) is 24.3 Å². The van der Waals surface area contributed by atoms with Crippen molar-refractivity contribution in [3.8, 4) is 0 Å². The Hall–Kier alpha value is -1.24. The van der Waals surface area contributed by atoms with Gasteiger partial charge in [0.2, 0.25) is 0 Å². The number of aliphatic hydroxyl groups is 1. The smallest absolute Gasteiger partial charge is 0.124 e. The first-order valence-electron chi connectivity index (χ1n) is 6.56. The van der Waals surface area contributed by atoms with Crippen LogP contribution in [0.25, 0.3) is 10.9 Å². The summed E-state index contributed by atoms with van der Waals surface area (Å²) in [6.07, 6.45) is 2.65. The lowest BCUT2D eigenvalue weighted by molar-refractivity contribution is 0.208. The minimum atomic E-state index is -0.785. The Labute approximate surface area is 139 Å². The number of pyridine rings is 1. The summed E-state index contributed by atoms with van der Waals surface area (Å²) in [6.45, 7) is 2.69. The molecule has 0 saturated heterocycles. The van der Waals surface area contributed by atoms with Crippen molar-refractivity contribution in [2.24, 2.45) is 0 Å². The normalized spacial score (nSPS) is 12.8. The first-order valence-corrected chi connectivity index (χ1v) is 8.14. The lowest BCUT2D eigenvalue weighted by atomic mass is 10.0. The standard InChI is InChI=1S/C15H13Br2N3O/c1-2-20-14(12(17)8-19-20)15(21)10-5-6-11(16)9-4-3-7-18-13(9)10/h3-8,15,21H,2H2,1H3. The SMILES string of the molecule is CCn1ncc(Br)c1C(O)c1ccc(Br)c2cccnc12. The summed E-state index contributed by atoms with van der Waals surface area (Å²) in [5, 5.41) is 16.1. The molecule has 1 N–H and O–H groups in total. The van der Waals surface area contributed by atoms with Crippen LogP contribution in [0, 0.1) is 0 Å². The molecule has 2 heterocycles. The van der Waals surface area contributed by atoms with Crippen LogP contribution in [0.4, 0.5) is 0 Å². The molecule has 0 saturated carbocycles. The Morgan fingerprint density at radius 1 is 1.24 bits per heavy atom. The highest BCUT2D eigenvalue weighted by Gasteiger charge is 2.22. The summed E-state index contributed by atoms with van der Waals surface area (Å²) in [5.41, 5.74) is 2.30. The molecule has 108 valence electrons. The van der Waals surface area contributed by atoms with Gasteiger partial charge < -0.3 is 5.11 Å². The number of fused-ring (bicyclic) bond motifs is 1. The molecule has 0 radical (unpaired) electrons. The van der Waals surface area contributed by atoms with E-state index in [0.717, 1.165) is 31.1 Å². The maximum atomic E-state index is 10.8. The number of nitrogens with zero attached hydrogens (tertiary/aromatic N) is 3. The van der Waals surface area contributed by atoms with E-state index in [9.17, 15) is 5.11 Å². The third-order valence-electron chi connectivity index (χ3n) is 3.43. The number of hydrogen-bond acceptors (Lipinski definition) is 3. The molecule has 1 atom stereocenters. The lowest BCUT2D eigenvalue weighted by Gasteiger charge is -2.16. The molecule has 6 heteroatoms. The van der Waals surface area contributed by atoms with Gasteiger partial charge in [-0.25, -0.2) is 0 Å². The molecule has 1 aromatic carbocycles. The Balaban J connectivity index is 2.21. The summed E-state index contributed by atoms with van der Waals surface area (Å²) in [4.78, 5) is 4.42. The van der Waals surface area contributed by atoms with Crippen molar-refractivity contribution in [1.29, 1.82) is 0 Å². The quantitative estimate of drug-likeness (QED) is 0.708. The third kappa shape index (κ3) is 2.52. The molecule has 0 amide bonds. The van der Waals surface area contributed by atoms with E-state index in [4.69, 9.17) is 0 Å². The van der Waals surface area contributed by atoms with E-state index in [2.05, 4.69) is 41.9 Å². The summed E-state index contributed by atoms with van der Waals surface area (Å²) in [6, 6.07) is 7.69. The second kappa shape index (κ2) is 5.87. The van der Waals surface area contributed by atoms with Crippen molar-refractivity contribution in [2.75, 3.05) is 0 Å². The van der Waals surface area contributed by atoms with Gasteiger partial charge in [0.05, 0.1) is 21.9 Å². The van der Waals surface area contributed by atoms with E-state index >= 15 is 0 Å². The largest absolute Gasteiger partial charge is 0.382 e. The van der Waals surface area contributed by atoms with E-state index in [-0.39, 0.29) is 0 Å². The van der Waals surface area contributed by atoms with Gasteiger partial charge in [0, 0.05) is 28.2 Å². The van der Waals surface area contributed by atoms with Crippen LogP contribution < -0.4 is 0 Å². The fourth-order valence-electron chi connectivity index (χ4n) is 2.42. The van der Waals surface area contributed by atoms with Gasteiger partial charge in [-0.15, -0.1) is 0 Å². The first-order chi connectivity index (χ1) is 10.1. The predicted molar refractivity (Wildman–Crippen MR) is 89.1 cm³/mol. The number of benzene rings is 1. The lowest BCUT2D eigenvalue weighted by Crippen LogP contribution is -2.10. The highest BCUT2D eigenvalue weighted by atomic mass is 79.9. The second-order valence-corrected chi connectivity index (χ2v) is 6.34. The third-order valence-corrected chi connectivity index (χ3v) is 4.74. The zero-order valence-electron chi connectivity index (χ0n) is 11.3. The first kappa shape index (κ1) is 14.7. The topological polar surface area (TPSA) is 50.9 Å². The number of aryl methyl sites for hydroxylation is 1. The van der Waals surface area contributed by atoms with E-state index in [1.54, 1.807) is 17.1 Å². The van der Waals surface area contributed by atoms with Crippen LogP contribution in [0.2, 0.25) is 0 Å². The van der Waals surface area contributed by atoms with Gasteiger partial charge in [-0.2, -0.15) is 5.10 Å². The summed E-state index contributed by atoms with van der Waals surface area (Å²) in [5.74, 6) is 0. The monoisotopic (exact) mass is 409 g/mol. The van der Waals surface area contributed by atoms with Gasteiger partial charge in [-0.1, -0.05) is 28.1 Å². The van der Waals surface area contributed by atoms with Gasteiger partial charge in [0.1, 0.15) is 6.10 Å². The minimum Gasteiger partial charge on any atom is -0.382 e. The van der Waals surface area contributed by atoms with Gasteiger partial charge in [0.25, 0.3) is 0 Å². The van der Waals surface area contributed by atoms with Crippen molar-refractivity contribution in [1.82, 2.24) is 14.8 Å². The van der Waals surface area contributed by atoms with Crippen LogP contribution in [0.3, 0.4) is 0 Å². The molecule has 2 aromatic heterocycles. The number of aliphatic hydroxyl groups excluding tert-OH is 1. The van der Waals surface area contributed by atoms with Crippen LogP contribution in [-0.2, 0) is 6.54 Å². The molecule has 0 spiro atoms. The van der Waals surface area contributed by atoms with Crippen molar-refractivity contribution in [3.05, 3.63) is 56.9 Å². The zero-order valence-corrected chi connectivity index (χ0v) is 14.5. The maximum absolute atomic E-state index is 10.8. The van der Waals surface area contributed by atoms with Crippen LogP contribution >= 0.6 is 31.9 Å². The Bertz CT molecular complexity index is 801. The molecule has 0 aliphatic carbocycles. The molecule has 4 nitrogen and oxygen atoms in total. The molecule has 0 bridgehead atoms. The predicted octanol–water partition coefficient (Wildman–Crippen LogP) is 4.06. The van der Waals surface area contributed by atoms with E-state index < -0.39 is 6.10 Å². The summed E-state index contributed by atoms with van der Waals surface area (Å²) in [7, 11) is 0. The molecule has 3 rings (SSSR count). The molecule has 3 aromatic rings. The molecule has 21 heavy (non-hydrogen) atoms. The van der Waals surface area contributed by atoms with Crippen molar-refractivity contribution < 1.29 is 5.11 Å². The summed E-state index contributed by atoms with van der Waals surface area (Å²) >= 11 is 6.98. The molecule has 0 fully saturated rings. The van der Waals surface area contributed by atoms with Crippen LogP contribution in [0.5, 0.6) is 0 Å². The van der Waals surface area contributed by atoms with E-state index in [1.807, 2.05) is 31.2 Å². The van der Waals surface area contributed by atoms with Crippen molar-refractivity contribution in [2.45, 2.75) is 19.6 Å². The molecule has 0 aliphatic heterocycles. The maximum Gasteiger partial charge on any atom is 0.124 e. The fraction of sp³-hybridized carbons (Fsp3) is 0.200. The average Bonchev–Trinajstić information content (AvgIpc) is 2.88. The van der Waals surface area contributed by atoms with Crippen molar-refractivity contribution >= 4 is 42.8 Å². The number of hydrogen-bond donors (Lipinski definition) is 1. The highest BCUT2D eigenvalue weighted by Crippen LogP contribution is 2.34. The van der Waals surface area contributed by atoms with Crippen molar-refractivity contribution in [3.63, 3.8) is 0 Å². The Morgan fingerprint density at radius 3 is 2.81 bits per heavy atom. The average molecular weight is 411 g/mol. The van der Waals surface area contributed by atoms with Crippen LogP contribution in [-0.4, -0.2) is 19.9 Å². The molecular weight excluding hydrogens is 398 g/mol. The van der Waals surface area contributed by atoms with Gasteiger partial charge in [-0.05, 0) is 35.0 Å². The van der Waals surface area contributed by atoms with Crippen LogP contribution in [0.15, 0.2) is 45.6 Å². The molecular formula is C15H13Br2N3O. The van der Waals surface area contributed by atoms with E-state index in [0.29, 0.717) is 6.54 Å². The molecule has 1 unspecified atom stereocenters. The second-order valence-electron chi connectivity index (χ2n) is 4.63. The van der Waals surface area contributed by atoms with Gasteiger partial charge >= 0.3 is 0 Å². The number of rotatable bonds is 3. The summed E-state index contributed by atoms with van der Waals surface area (Å²) < 4.78 is 3.54. The number of aromatic nitrogens is 3. The highest BCUT2D eigenvalue weighted by molar-refractivity contribution is 9.11. The molecule has 0 aliphatic rings.